The highest BCUT2D eigenvalue weighted by Crippen LogP contribution is 2.31. The van der Waals surface area contributed by atoms with Gasteiger partial charge in [-0.05, 0) is 59.8 Å². The van der Waals surface area contributed by atoms with Gasteiger partial charge in [0.2, 0.25) is 5.12 Å². The maximum Gasteiger partial charge on any atom is 0.244 e. The second-order valence-corrected chi connectivity index (χ2v) is 7.44. The van der Waals surface area contributed by atoms with Crippen molar-refractivity contribution in [1.82, 2.24) is 0 Å². The minimum atomic E-state index is 0.00276. The van der Waals surface area contributed by atoms with E-state index in [4.69, 9.17) is 4.74 Å². The van der Waals surface area contributed by atoms with Crippen molar-refractivity contribution in [3.05, 3.63) is 65.9 Å². The number of para-hydroxylation sites is 1. The van der Waals surface area contributed by atoms with Crippen LogP contribution in [-0.4, -0.2) is 15.2 Å². The zero-order valence-corrected chi connectivity index (χ0v) is 14.9. The Bertz CT molecular complexity index is 785. The predicted molar refractivity (Wildman–Crippen MR) is 104 cm³/mol. The molecule has 0 aliphatic carbocycles. The fourth-order valence-corrected chi connectivity index (χ4v) is 3.86. The first kappa shape index (κ1) is 16.9. The molecule has 24 heavy (non-hydrogen) atoms. The number of carbonyl (C=O) groups excluding carboxylic acids is 1. The third-order valence-electron chi connectivity index (χ3n) is 3.17. The fraction of sp³-hybridized carbons (Fsp3) is 0.158. The van der Waals surface area contributed by atoms with Gasteiger partial charge < -0.3 is 4.74 Å². The van der Waals surface area contributed by atoms with Gasteiger partial charge in [0, 0.05) is 0 Å². The number of nitrogens with zero attached hydrogens (tertiary/aromatic N) is 1. The number of hydrogen-bond acceptors (Lipinski definition) is 5. The van der Waals surface area contributed by atoms with Gasteiger partial charge in [0.1, 0.15) is 21.6 Å². The number of carbonyl (C=O) groups is 1. The van der Waals surface area contributed by atoms with Crippen LogP contribution in [0.5, 0.6) is 11.5 Å². The molecule has 0 amide bonds. The molecule has 0 radical (unpaired) electrons. The third kappa shape index (κ3) is 4.52. The molecule has 2 aromatic carbocycles. The molecule has 0 bridgehead atoms. The molecule has 0 atom stereocenters. The van der Waals surface area contributed by atoms with Crippen LogP contribution < -0.4 is 4.74 Å². The molecule has 3 rings (SSSR count). The minimum absolute atomic E-state index is 0.00276. The molecule has 0 N–H and O–H groups in total. The summed E-state index contributed by atoms with van der Waals surface area (Å²) in [6.45, 7) is 2.12. The number of aliphatic imine (C=N–C) groups is 1. The van der Waals surface area contributed by atoms with Gasteiger partial charge >= 0.3 is 0 Å². The van der Waals surface area contributed by atoms with E-state index in [1.165, 1.54) is 11.8 Å². The summed E-state index contributed by atoms with van der Waals surface area (Å²) in [6, 6.07) is 17.3. The lowest BCUT2D eigenvalue weighted by molar-refractivity contribution is -0.107. The Labute approximate surface area is 150 Å². The molecule has 0 fully saturated rings. The SMILES string of the molecule is CCCSC1=N/C(=C/c2cccc(Oc3ccccc3)c2)C(=O)S1. The van der Waals surface area contributed by atoms with Gasteiger partial charge in [0.25, 0.3) is 0 Å². The quantitative estimate of drug-likeness (QED) is 0.655. The van der Waals surface area contributed by atoms with Gasteiger partial charge in [-0.15, -0.1) is 0 Å². The van der Waals surface area contributed by atoms with Gasteiger partial charge in [-0.1, -0.05) is 49.0 Å². The minimum Gasteiger partial charge on any atom is -0.457 e. The van der Waals surface area contributed by atoms with Crippen molar-refractivity contribution in [2.24, 2.45) is 4.99 Å². The van der Waals surface area contributed by atoms with Gasteiger partial charge in [0.15, 0.2) is 0 Å². The molecule has 0 spiro atoms. The molecule has 0 saturated heterocycles. The van der Waals surface area contributed by atoms with Crippen LogP contribution in [0.4, 0.5) is 0 Å². The van der Waals surface area contributed by atoms with E-state index in [1.807, 2.05) is 60.7 Å². The molecule has 5 heteroatoms. The van der Waals surface area contributed by atoms with Crippen LogP contribution in [0.1, 0.15) is 18.9 Å². The first-order valence-electron chi connectivity index (χ1n) is 7.73. The van der Waals surface area contributed by atoms with Gasteiger partial charge in [-0.2, -0.15) is 0 Å². The zero-order valence-electron chi connectivity index (χ0n) is 13.3. The number of thioether (sulfide) groups is 2. The van der Waals surface area contributed by atoms with Crippen molar-refractivity contribution in [3.63, 3.8) is 0 Å². The van der Waals surface area contributed by atoms with Crippen LogP contribution in [0.15, 0.2) is 65.3 Å². The van der Waals surface area contributed by atoms with E-state index in [0.717, 1.165) is 33.6 Å². The molecular weight excluding hydrogens is 338 g/mol. The van der Waals surface area contributed by atoms with Crippen LogP contribution in [0.25, 0.3) is 6.08 Å². The van der Waals surface area contributed by atoms with E-state index in [1.54, 1.807) is 11.8 Å². The monoisotopic (exact) mass is 355 g/mol. The normalized spacial score (nSPS) is 15.6. The average molecular weight is 355 g/mol. The Morgan fingerprint density at radius 2 is 1.92 bits per heavy atom. The summed E-state index contributed by atoms with van der Waals surface area (Å²) in [5.74, 6) is 2.50. The second kappa shape index (κ2) is 8.22. The molecule has 0 unspecified atom stereocenters. The van der Waals surface area contributed by atoms with Gasteiger partial charge in [-0.3, -0.25) is 4.79 Å². The first-order valence-corrected chi connectivity index (χ1v) is 9.53. The summed E-state index contributed by atoms with van der Waals surface area (Å²) in [5, 5.41) is 0.00276. The van der Waals surface area contributed by atoms with E-state index >= 15 is 0 Å². The Morgan fingerprint density at radius 3 is 2.71 bits per heavy atom. The highest BCUT2D eigenvalue weighted by atomic mass is 32.2. The highest BCUT2D eigenvalue weighted by molar-refractivity contribution is 8.45. The van der Waals surface area contributed by atoms with Crippen molar-refractivity contribution in [1.29, 1.82) is 0 Å². The van der Waals surface area contributed by atoms with Crippen molar-refractivity contribution < 1.29 is 9.53 Å². The van der Waals surface area contributed by atoms with Crippen LogP contribution in [0.3, 0.4) is 0 Å². The van der Waals surface area contributed by atoms with Crippen molar-refractivity contribution in [2.45, 2.75) is 13.3 Å². The van der Waals surface area contributed by atoms with Gasteiger partial charge in [0.05, 0.1) is 0 Å². The summed E-state index contributed by atoms with van der Waals surface area (Å²) in [7, 11) is 0. The maximum absolute atomic E-state index is 12.1. The Hall–Kier alpha value is -1.98. The Morgan fingerprint density at radius 1 is 1.12 bits per heavy atom. The summed E-state index contributed by atoms with van der Waals surface area (Å²) >= 11 is 2.85. The number of rotatable bonds is 5. The highest BCUT2D eigenvalue weighted by Gasteiger charge is 2.22. The smallest absolute Gasteiger partial charge is 0.244 e. The summed E-state index contributed by atoms with van der Waals surface area (Å²) in [4.78, 5) is 16.5. The number of hydrogen-bond donors (Lipinski definition) is 0. The first-order chi connectivity index (χ1) is 11.7. The lowest BCUT2D eigenvalue weighted by Gasteiger charge is -2.06. The molecule has 1 aliphatic heterocycles. The molecule has 0 aromatic heterocycles. The van der Waals surface area contributed by atoms with E-state index in [0.29, 0.717) is 5.70 Å². The molecule has 2 aromatic rings. The molecule has 3 nitrogen and oxygen atoms in total. The second-order valence-electron chi connectivity index (χ2n) is 5.13. The van der Waals surface area contributed by atoms with Crippen LogP contribution in [0, 0.1) is 0 Å². The van der Waals surface area contributed by atoms with Crippen molar-refractivity contribution in [2.75, 3.05) is 5.75 Å². The molecule has 1 aliphatic rings. The Kier molecular flexibility index (Phi) is 5.77. The standard InChI is InChI=1S/C19H17NO2S2/c1-2-11-23-19-20-17(18(21)24-19)13-14-7-6-10-16(12-14)22-15-8-4-3-5-9-15/h3-10,12-13H,2,11H2,1H3/b17-13+. The third-order valence-corrected chi connectivity index (χ3v) is 5.39. The average Bonchev–Trinajstić information content (AvgIpc) is 2.94. The number of ether oxygens (including phenoxy) is 1. The lowest BCUT2D eigenvalue weighted by Crippen LogP contribution is -1.89. The Balaban J connectivity index is 1.76. The molecule has 122 valence electrons. The van der Waals surface area contributed by atoms with Crippen molar-refractivity contribution >= 4 is 39.1 Å². The largest absolute Gasteiger partial charge is 0.457 e. The van der Waals surface area contributed by atoms with E-state index in [2.05, 4.69) is 11.9 Å². The summed E-state index contributed by atoms with van der Waals surface area (Å²) < 4.78 is 6.66. The van der Waals surface area contributed by atoms with E-state index in [9.17, 15) is 4.79 Å². The molecule has 0 saturated carbocycles. The maximum atomic E-state index is 12.1. The number of benzene rings is 2. The van der Waals surface area contributed by atoms with E-state index < -0.39 is 0 Å². The zero-order chi connectivity index (χ0) is 16.8. The van der Waals surface area contributed by atoms with Crippen LogP contribution in [-0.2, 0) is 4.79 Å². The van der Waals surface area contributed by atoms with Crippen LogP contribution in [0.2, 0.25) is 0 Å². The fourth-order valence-electron chi connectivity index (χ4n) is 2.09. The van der Waals surface area contributed by atoms with Crippen molar-refractivity contribution in [3.8, 4) is 11.5 Å². The van der Waals surface area contributed by atoms with Gasteiger partial charge in [-0.25, -0.2) is 4.99 Å². The molecular formula is C19H17NO2S2. The molecule has 1 heterocycles. The summed E-state index contributed by atoms with van der Waals surface area (Å²) in [6.07, 6.45) is 2.88. The topological polar surface area (TPSA) is 38.7 Å². The summed E-state index contributed by atoms with van der Waals surface area (Å²) in [5.41, 5.74) is 1.40. The van der Waals surface area contributed by atoms with Crippen LogP contribution >= 0.6 is 23.5 Å². The van der Waals surface area contributed by atoms with E-state index in [-0.39, 0.29) is 5.12 Å². The predicted octanol–water partition coefficient (Wildman–Crippen LogP) is 5.59. The lowest BCUT2D eigenvalue weighted by atomic mass is 10.2.